The van der Waals surface area contributed by atoms with Crippen molar-refractivity contribution in [2.75, 3.05) is 0 Å². The summed E-state index contributed by atoms with van der Waals surface area (Å²) in [5.41, 5.74) is 6.61. The maximum absolute atomic E-state index is 12.6. The fourth-order valence-corrected chi connectivity index (χ4v) is 1.67. The van der Waals surface area contributed by atoms with E-state index in [0.29, 0.717) is 6.42 Å². The number of hydrogen-bond acceptors (Lipinski definition) is 2. The Morgan fingerprint density at radius 1 is 1.36 bits per heavy atom. The summed E-state index contributed by atoms with van der Waals surface area (Å²) in [6.45, 7) is 0. The van der Waals surface area contributed by atoms with Crippen molar-refractivity contribution >= 4 is 5.91 Å². The average molecular weight is 194 g/mol. The average Bonchev–Trinajstić information content (AvgIpc) is 2.47. The van der Waals surface area contributed by atoms with Crippen LogP contribution in [0.4, 0.5) is 4.39 Å². The molecule has 1 aliphatic heterocycles. The van der Waals surface area contributed by atoms with Gasteiger partial charge in [0.05, 0.1) is 6.04 Å². The van der Waals surface area contributed by atoms with Crippen LogP contribution in [0, 0.1) is 5.82 Å². The summed E-state index contributed by atoms with van der Waals surface area (Å²) in [5, 5.41) is 2.75. The molecule has 14 heavy (non-hydrogen) atoms. The van der Waals surface area contributed by atoms with Crippen LogP contribution in [-0.4, -0.2) is 11.9 Å². The Bertz CT molecular complexity index is 350. The van der Waals surface area contributed by atoms with Crippen molar-refractivity contribution in [3.63, 3.8) is 0 Å². The molecule has 1 heterocycles. The first-order valence-corrected chi connectivity index (χ1v) is 4.47. The number of benzene rings is 1. The second-order valence-corrected chi connectivity index (χ2v) is 3.46. The van der Waals surface area contributed by atoms with E-state index in [2.05, 4.69) is 5.32 Å². The van der Waals surface area contributed by atoms with Gasteiger partial charge in [-0.1, -0.05) is 12.1 Å². The highest BCUT2D eigenvalue weighted by Gasteiger charge is 2.30. The number of hydrogen-bond donors (Lipinski definition) is 2. The standard InChI is InChI=1S/C10H11FN2O/c11-7-3-1-6(2-4-7)10-8(12)5-9(14)13-10/h1-4,8,10H,5,12H2,(H,13,14)/t8-,10+/m1/s1. The summed E-state index contributed by atoms with van der Waals surface area (Å²) >= 11 is 0. The zero-order valence-corrected chi connectivity index (χ0v) is 7.53. The molecular weight excluding hydrogens is 183 g/mol. The normalized spacial score (nSPS) is 26.3. The summed E-state index contributed by atoms with van der Waals surface area (Å²) in [6, 6.07) is 5.63. The van der Waals surface area contributed by atoms with Crippen LogP contribution >= 0.6 is 0 Å². The predicted octanol–water partition coefficient (Wildman–Crippen LogP) is 0.714. The van der Waals surface area contributed by atoms with E-state index in [1.165, 1.54) is 12.1 Å². The Morgan fingerprint density at radius 3 is 2.50 bits per heavy atom. The van der Waals surface area contributed by atoms with Crippen LogP contribution in [0.1, 0.15) is 18.0 Å². The van der Waals surface area contributed by atoms with Crippen LogP contribution in [0.15, 0.2) is 24.3 Å². The summed E-state index contributed by atoms with van der Waals surface area (Å²) in [5.74, 6) is -0.335. The van der Waals surface area contributed by atoms with E-state index in [9.17, 15) is 9.18 Å². The third-order valence-electron chi connectivity index (χ3n) is 2.39. The van der Waals surface area contributed by atoms with Crippen molar-refractivity contribution in [1.29, 1.82) is 0 Å². The van der Waals surface area contributed by atoms with Gasteiger partial charge in [0.25, 0.3) is 0 Å². The Labute approximate surface area is 81.1 Å². The van der Waals surface area contributed by atoms with Crippen LogP contribution in [-0.2, 0) is 4.79 Å². The third-order valence-corrected chi connectivity index (χ3v) is 2.39. The molecule has 1 aliphatic rings. The van der Waals surface area contributed by atoms with E-state index in [-0.39, 0.29) is 23.8 Å². The molecular formula is C10H11FN2O. The SMILES string of the molecule is N[C@@H]1CC(=O)N[C@H]1c1ccc(F)cc1. The molecule has 1 aromatic rings. The first-order valence-electron chi connectivity index (χ1n) is 4.47. The number of halogens is 1. The second-order valence-electron chi connectivity index (χ2n) is 3.46. The van der Waals surface area contributed by atoms with Crippen LogP contribution in [0.5, 0.6) is 0 Å². The lowest BCUT2D eigenvalue weighted by Gasteiger charge is -2.14. The van der Waals surface area contributed by atoms with Crippen LogP contribution in [0.2, 0.25) is 0 Å². The highest BCUT2D eigenvalue weighted by atomic mass is 19.1. The van der Waals surface area contributed by atoms with E-state index in [1.54, 1.807) is 12.1 Å². The van der Waals surface area contributed by atoms with E-state index < -0.39 is 0 Å². The number of nitrogens with two attached hydrogens (primary N) is 1. The van der Waals surface area contributed by atoms with Crippen molar-refractivity contribution in [2.24, 2.45) is 5.73 Å². The van der Waals surface area contributed by atoms with Gasteiger partial charge in [0.1, 0.15) is 5.82 Å². The topological polar surface area (TPSA) is 55.1 Å². The highest BCUT2D eigenvalue weighted by molar-refractivity contribution is 5.80. The van der Waals surface area contributed by atoms with E-state index in [4.69, 9.17) is 5.73 Å². The molecule has 2 atom stereocenters. The van der Waals surface area contributed by atoms with Gasteiger partial charge >= 0.3 is 0 Å². The Morgan fingerprint density at radius 2 is 2.00 bits per heavy atom. The molecule has 0 aromatic heterocycles. The number of rotatable bonds is 1. The van der Waals surface area contributed by atoms with Crippen molar-refractivity contribution < 1.29 is 9.18 Å². The van der Waals surface area contributed by atoms with Crippen LogP contribution in [0.3, 0.4) is 0 Å². The molecule has 0 radical (unpaired) electrons. The maximum atomic E-state index is 12.6. The lowest BCUT2D eigenvalue weighted by Crippen LogP contribution is -2.28. The minimum absolute atomic E-state index is 0.0492. The summed E-state index contributed by atoms with van der Waals surface area (Å²) in [4.78, 5) is 11.0. The van der Waals surface area contributed by atoms with E-state index in [0.717, 1.165) is 5.56 Å². The molecule has 0 bridgehead atoms. The smallest absolute Gasteiger partial charge is 0.222 e. The van der Waals surface area contributed by atoms with Gasteiger partial charge in [-0.2, -0.15) is 0 Å². The first-order chi connectivity index (χ1) is 6.66. The Kier molecular flexibility index (Phi) is 2.21. The van der Waals surface area contributed by atoms with Crippen molar-refractivity contribution in [3.8, 4) is 0 Å². The van der Waals surface area contributed by atoms with Crippen LogP contribution in [0.25, 0.3) is 0 Å². The van der Waals surface area contributed by atoms with Gasteiger partial charge in [-0.25, -0.2) is 4.39 Å². The first kappa shape index (κ1) is 9.15. The van der Waals surface area contributed by atoms with Gasteiger partial charge < -0.3 is 11.1 Å². The van der Waals surface area contributed by atoms with Gasteiger partial charge in [0.15, 0.2) is 0 Å². The van der Waals surface area contributed by atoms with Gasteiger partial charge in [0.2, 0.25) is 5.91 Å². The molecule has 1 amide bonds. The van der Waals surface area contributed by atoms with Gasteiger partial charge in [-0.05, 0) is 17.7 Å². The van der Waals surface area contributed by atoms with E-state index >= 15 is 0 Å². The minimum Gasteiger partial charge on any atom is -0.348 e. The lowest BCUT2D eigenvalue weighted by atomic mass is 10.0. The molecule has 0 aliphatic carbocycles. The highest BCUT2D eigenvalue weighted by Crippen LogP contribution is 2.22. The zero-order valence-electron chi connectivity index (χ0n) is 7.53. The molecule has 0 saturated carbocycles. The fourth-order valence-electron chi connectivity index (χ4n) is 1.67. The number of carbonyl (C=O) groups is 1. The third kappa shape index (κ3) is 1.61. The second kappa shape index (κ2) is 3.38. The summed E-state index contributed by atoms with van der Waals surface area (Å²) in [6.07, 6.45) is 0.335. The maximum Gasteiger partial charge on any atom is 0.222 e. The largest absolute Gasteiger partial charge is 0.348 e. The van der Waals surface area contributed by atoms with E-state index in [1.807, 2.05) is 0 Å². The number of nitrogens with one attached hydrogen (secondary N) is 1. The monoisotopic (exact) mass is 194 g/mol. The predicted molar refractivity (Wildman–Crippen MR) is 49.9 cm³/mol. The molecule has 2 rings (SSSR count). The lowest BCUT2D eigenvalue weighted by molar-refractivity contribution is -0.119. The molecule has 1 fully saturated rings. The molecule has 1 aromatic carbocycles. The number of carbonyl (C=O) groups excluding carboxylic acids is 1. The van der Waals surface area contributed by atoms with Gasteiger partial charge in [-0.15, -0.1) is 0 Å². The minimum atomic E-state index is -0.286. The van der Waals surface area contributed by atoms with Crippen molar-refractivity contribution in [1.82, 2.24) is 5.32 Å². The molecule has 3 nitrogen and oxygen atoms in total. The van der Waals surface area contributed by atoms with Crippen molar-refractivity contribution in [3.05, 3.63) is 35.6 Å². The molecule has 4 heteroatoms. The van der Waals surface area contributed by atoms with Crippen LogP contribution < -0.4 is 11.1 Å². The molecule has 1 saturated heterocycles. The Hall–Kier alpha value is -1.42. The number of amides is 1. The molecule has 0 spiro atoms. The Balaban J connectivity index is 2.23. The van der Waals surface area contributed by atoms with Gasteiger partial charge in [0, 0.05) is 12.5 Å². The molecule has 3 N–H and O–H groups in total. The molecule has 0 unspecified atom stereocenters. The van der Waals surface area contributed by atoms with Gasteiger partial charge in [-0.3, -0.25) is 4.79 Å². The van der Waals surface area contributed by atoms with Crippen molar-refractivity contribution in [2.45, 2.75) is 18.5 Å². The summed E-state index contributed by atoms with van der Waals surface area (Å²) < 4.78 is 12.6. The molecule has 74 valence electrons. The zero-order chi connectivity index (χ0) is 10.1. The fraction of sp³-hybridized carbons (Fsp3) is 0.300. The summed E-state index contributed by atoms with van der Waals surface area (Å²) in [7, 11) is 0. The quantitative estimate of drug-likeness (QED) is 0.692.